The van der Waals surface area contributed by atoms with Crippen LogP contribution in [-0.4, -0.2) is 46.6 Å². The number of carboxylic acid groups (broad SMARTS) is 2. The van der Waals surface area contributed by atoms with E-state index in [9.17, 15) is 24.3 Å². The van der Waals surface area contributed by atoms with E-state index in [1.807, 2.05) is 0 Å². The minimum atomic E-state index is -1.39. The minimum absolute atomic E-state index is 0. The van der Waals surface area contributed by atoms with E-state index in [0.29, 0.717) is 0 Å². The summed E-state index contributed by atoms with van der Waals surface area (Å²) in [7, 11) is 0. The first-order valence-electron chi connectivity index (χ1n) is 9.78. The summed E-state index contributed by atoms with van der Waals surface area (Å²) in [5.74, 6) is -3.65. The maximum Gasteiger partial charge on any atom is 1.00 e. The molecule has 0 atom stereocenters. The van der Waals surface area contributed by atoms with Gasteiger partial charge in [0.25, 0.3) is 0 Å². The topological polar surface area (TPSA) is 174 Å². The van der Waals surface area contributed by atoms with Crippen LogP contribution in [0.5, 0.6) is 11.5 Å². The Morgan fingerprint density at radius 3 is 1.53 bits per heavy atom. The Labute approximate surface area is 248 Å². The van der Waals surface area contributed by atoms with Gasteiger partial charge >= 0.3 is 71.1 Å². The van der Waals surface area contributed by atoms with Gasteiger partial charge in [-0.25, -0.2) is 9.59 Å². The number of benzene rings is 2. The molecule has 0 bridgehead atoms. The average Bonchev–Trinajstić information content (AvgIpc) is 2.80. The van der Waals surface area contributed by atoms with Gasteiger partial charge in [0.2, 0.25) is 11.5 Å². The number of carbonyl (C=O) groups is 2. The van der Waals surface area contributed by atoms with Crippen LogP contribution in [0.25, 0.3) is 21.9 Å². The number of aliphatic hydroxyl groups excluding tert-OH is 1. The molecule has 178 valence electrons. The van der Waals surface area contributed by atoms with E-state index in [0.717, 1.165) is 12.1 Å². The molecule has 36 heavy (non-hydrogen) atoms. The summed E-state index contributed by atoms with van der Waals surface area (Å²) in [5, 5.41) is 28.4. The molecule has 0 aliphatic rings. The average molecular weight is 516 g/mol. The predicted octanol–water partition coefficient (Wildman–Crippen LogP) is -3.65. The van der Waals surface area contributed by atoms with Gasteiger partial charge in [-0.15, -0.1) is 0 Å². The van der Waals surface area contributed by atoms with Gasteiger partial charge < -0.3 is 36.5 Å². The molecule has 2 heterocycles. The third-order valence-electron chi connectivity index (χ3n) is 4.72. The van der Waals surface area contributed by atoms with E-state index >= 15 is 0 Å². The number of aliphatic hydroxyl groups is 1. The van der Waals surface area contributed by atoms with Crippen molar-refractivity contribution in [2.75, 3.05) is 13.2 Å². The van der Waals surface area contributed by atoms with Crippen LogP contribution in [0.2, 0.25) is 0 Å². The van der Waals surface area contributed by atoms with Gasteiger partial charge in [0.05, 0.1) is 0 Å². The van der Waals surface area contributed by atoms with Crippen LogP contribution in [0.1, 0.15) is 24.0 Å². The Morgan fingerprint density at radius 1 is 0.778 bits per heavy atom. The van der Waals surface area contributed by atoms with Gasteiger partial charge in [-0.2, -0.15) is 0 Å². The van der Waals surface area contributed by atoms with Crippen molar-refractivity contribution in [2.45, 2.75) is 6.10 Å². The second-order valence-electron chi connectivity index (χ2n) is 7.09. The van der Waals surface area contributed by atoms with Gasteiger partial charge in [0, 0.05) is 12.1 Å². The van der Waals surface area contributed by atoms with Gasteiger partial charge in [0.1, 0.15) is 52.8 Å². The Kier molecular flexibility index (Phi) is 10.3. The fourth-order valence-corrected chi connectivity index (χ4v) is 3.23. The quantitative estimate of drug-likeness (QED) is 0.197. The molecule has 0 fully saturated rings. The summed E-state index contributed by atoms with van der Waals surface area (Å²) in [6.45, 7) is -0.608. The molecule has 11 nitrogen and oxygen atoms in total. The van der Waals surface area contributed by atoms with E-state index in [2.05, 4.69) is 0 Å². The van der Waals surface area contributed by atoms with Crippen molar-refractivity contribution in [3.63, 3.8) is 0 Å². The predicted molar refractivity (Wildman–Crippen MR) is 118 cm³/mol. The molecule has 0 saturated heterocycles. The molecule has 0 aliphatic heterocycles. The summed E-state index contributed by atoms with van der Waals surface area (Å²) >= 11 is 0. The normalized spacial score (nSPS) is 10.5. The molecule has 2 aromatic carbocycles. The SMILES string of the molecule is O=C(O)c1cc(=O)c2c(OCC(O)COc3cccc4oc(C(=O)O)cc(=O)c34)cccc2o1.[H-].[H-].[Na+].[Na+]. The van der Waals surface area contributed by atoms with E-state index in [-0.39, 0.29) is 109 Å². The van der Waals surface area contributed by atoms with Crippen molar-refractivity contribution in [3.8, 4) is 11.5 Å². The number of carboxylic acids is 2. The van der Waals surface area contributed by atoms with E-state index < -0.39 is 40.4 Å². The Bertz CT molecular complexity index is 1440. The zero-order valence-corrected chi connectivity index (χ0v) is 23.2. The third kappa shape index (κ3) is 6.37. The van der Waals surface area contributed by atoms with Crippen LogP contribution in [0.3, 0.4) is 0 Å². The molecule has 3 N–H and O–H groups in total. The molecular weight excluding hydrogens is 498 g/mol. The third-order valence-corrected chi connectivity index (χ3v) is 4.72. The first-order valence-corrected chi connectivity index (χ1v) is 9.78. The first-order chi connectivity index (χ1) is 16.2. The van der Waals surface area contributed by atoms with Crippen LogP contribution < -0.4 is 79.4 Å². The second-order valence-corrected chi connectivity index (χ2v) is 7.09. The number of fused-ring (bicyclic) bond motifs is 2. The Hall–Kier alpha value is -2.64. The largest absolute Gasteiger partial charge is 1.00 e. The summed E-state index contributed by atoms with van der Waals surface area (Å²) in [5.41, 5.74) is -1.22. The Balaban J connectivity index is 0.00000342. The first kappa shape index (κ1) is 29.6. The molecule has 0 radical (unpaired) electrons. The number of hydrogen-bond donors (Lipinski definition) is 3. The maximum absolute atomic E-state index is 12.3. The monoisotopic (exact) mass is 516 g/mol. The molecule has 0 unspecified atom stereocenters. The molecule has 4 rings (SSSR count). The van der Waals surface area contributed by atoms with Crippen LogP contribution in [0.4, 0.5) is 0 Å². The van der Waals surface area contributed by atoms with Gasteiger partial charge in [-0.3, -0.25) is 9.59 Å². The van der Waals surface area contributed by atoms with E-state index in [4.69, 9.17) is 28.5 Å². The number of rotatable bonds is 8. The smallest absolute Gasteiger partial charge is 1.00 e. The number of hydrogen-bond acceptors (Lipinski definition) is 9. The van der Waals surface area contributed by atoms with Crippen LogP contribution in [0, 0.1) is 0 Å². The van der Waals surface area contributed by atoms with Crippen molar-refractivity contribution >= 4 is 33.9 Å². The van der Waals surface area contributed by atoms with Gasteiger partial charge in [0.15, 0.2) is 10.9 Å². The minimum Gasteiger partial charge on any atom is -1.00 e. The summed E-state index contributed by atoms with van der Waals surface area (Å²) in [6.07, 6.45) is -1.19. The fourth-order valence-electron chi connectivity index (χ4n) is 3.23. The van der Waals surface area contributed by atoms with E-state index in [1.54, 1.807) is 0 Å². The van der Waals surface area contributed by atoms with Crippen molar-refractivity contribution in [1.82, 2.24) is 0 Å². The van der Waals surface area contributed by atoms with Gasteiger partial charge in [-0.05, 0) is 24.3 Å². The van der Waals surface area contributed by atoms with Gasteiger partial charge in [-0.1, -0.05) is 12.1 Å². The van der Waals surface area contributed by atoms with Crippen molar-refractivity contribution in [2.24, 2.45) is 0 Å². The molecule has 2 aromatic heterocycles. The molecule has 0 amide bonds. The van der Waals surface area contributed by atoms with E-state index in [1.165, 1.54) is 36.4 Å². The number of ether oxygens (including phenoxy) is 2. The van der Waals surface area contributed by atoms with Crippen LogP contribution in [-0.2, 0) is 0 Å². The maximum atomic E-state index is 12.3. The molecule has 0 aliphatic carbocycles. The summed E-state index contributed by atoms with van der Waals surface area (Å²) in [6, 6.07) is 10.4. The summed E-state index contributed by atoms with van der Waals surface area (Å²) in [4.78, 5) is 46.8. The molecule has 4 aromatic rings. The zero-order valence-electron chi connectivity index (χ0n) is 21.2. The standard InChI is InChI=1S/C23H16O11.2Na.2H/c24-11(9-31-14-3-1-5-16-20(14)12(25)7-18(33-16)22(27)28)10-32-15-4-2-6-17-21(15)13(26)8-19(34-17)23(29)30;;;;/h1-8,11,24H,9-10H2,(H,27,28)(H,29,30);;;;/q;2*+1;2*-1. The van der Waals surface area contributed by atoms with Crippen molar-refractivity contribution in [3.05, 3.63) is 80.5 Å². The molecule has 13 heteroatoms. The Morgan fingerprint density at radius 2 is 1.17 bits per heavy atom. The summed E-state index contributed by atoms with van der Waals surface area (Å²) < 4.78 is 21.4. The molecular formula is C23H18Na2O11. The van der Waals surface area contributed by atoms with Crippen LogP contribution >= 0.6 is 0 Å². The van der Waals surface area contributed by atoms with Crippen LogP contribution in [0.15, 0.2) is 67.0 Å². The molecule has 0 saturated carbocycles. The van der Waals surface area contributed by atoms with Crippen molar-refractivity contribution in [1.29, 1.82) is 0 Å². The fraction of sp³-hybridized carbons (Fsp3) is 0.130. The second kappa shape index (κ2) is 12.5. The van der Waals surface area contributed by atoms with Crippen molar-refractivity contribution < 1.29 is 105 Å². The molecule has 0 spiro atoms. The zero-order chi connectivity index (χ0) is 24.4. The number of aromatic carboxylic acids is 2.